The van der Waals surface area contributed by atoms with E-state index in [-0.39, 0.29) is 0 Å². The fourth-order valence-electron chi connectivity index (χ4n) is 3.19. The molecule has 1 aliphatic carbocycles. The summed E-state index contributed by atoms with van der Waals surface area (Å²) in [6.07, 6.45) is 3.22. The standard InChI is InChI=1S/C13H25N3O2/c1-10-9-16(7-6-15(10)2)11-4-3-5-13(14,8-11)12(17)18/h10-11H,3-9,14H2,1-2H3,(H,17,18). The van der Waals surface area contributed by atoms with Gasteiger partial charge in [0.05, 0.1) is 0 Å². The Morgan fingerprint density at radius 3 is 2.78 bits per heavy atom. The topological polar surface area (TPSA) is 69.8 Å². The van der Waals surface area contributed by atoms with E-state index in [0.717, 1.165) is 32.5 Å². The van der Waals surface area contributed by atoms with Gasteiger partial charge in [0.2, 0.25) is 0 Å². The van der Waals surface area contributed by atoms with Crippen LogP contribution in [0.3, 0.4) is 0 Å². The number of hydrogen-bond acceptors (Lipinski definition) is 4. The van der Waals surface area contributed by atoms with Crippen LogP contribution in [0.1, 0.15) is 32.6 Å². The second-order valence-electron chi connectivity index (χ2n) is 6.04. The quantitative estimate of drug-likeness (QED) is 0.745. The average molecular weight is 255 g/mol. The number of carboxylic acid groups (broad SMARTS) is 1. The smallest absolute Gasteiger partial charge is 0.323 e. The van der Waals surface area contributed by atoms with Gasteiger partial charge in [-0.2, -0.15) is 0 Å². The first-order chi connectivity index (χ1) is 8.42. The molecule has 2 rings (SSSR count). The molecule has 1 heterocycles. The maximum Gasteiger partial charge on any atom is 0.323 e. The minimum Gasteiger partial charge on any atom is -0.480 e. The lowest BCUT2D eigenvalue weighted by molar-refractivity contribution is -0.145. The summed E-state index contributed by atoms with van der Waals surface area (Å²) in [5.74, 6) is -0.839. The third-order valence-electron chi connectivity index (χ3n) is 4.69. The largest absolute Gasteiger partial charge is 0.480 e. The van der Waals surface area contributed by atoms with Crippen LogP contribution in [0.2, 0.25) is 0 Å². The second kappa shape index (κ2) is 5.15. The van der Waals surface area contributed by atoms with Gasteiger partial charge in [-0.1, -0.05) is 0 Å². The van der Waals surface area contributed by atoms with Crippen LogP contribution in [0.5, 0.6) is 0 Å². The molecule has 1 saturated heterocycles. The minimum atomic E-state index is -1.00. The SMILES string of the molecule is CC1CN(C2CCCC(N)(C(=O)O)C2)CCN1C. The van der Waals surface area contributed by atoms with Gasteiger partial charge in [0.25, 0.3) is 0 Å². The summed E-state index contributed by atoms with van der Waals surface area (Å²) in [5.41, 5.74) is 5.02. The van der Waals surface area contributed by atoms with E-state index in [4.69, 9.17) is 5.73 Å². The molecule has 0 radical (unpaired) electrons. The maximum absolute atomic E-state index is 11.3. The number of nitrogens with zero attached hydrogens (tertiary/aromatic N) is 2. The number of likely N-dealkylation sites (N-methyl/N-ethyl adjacent to an activating group) is 1. The Kier molecular flexibility index (Phi) is 3.94. The van der Waals surface area contributed by atoms with Crippen LogP contribution in [-0.4, -0.2) is 65.2 Å². The zero-order chi connectivity index (χ0) is 13.3. The zero-order valence-electron chi connectivity index (χ0n) is 11.4. The Labute approximate surface area is 109 Å². The number of rotatable bonds is 2. The number of carboxylic acids is 1. The van der Waals surface area contributed by atoms with Crippen molar-refractivity contribution < 1.29 is 9.90 Å². The van der Waals surface area contributed by atoms with Crippen molar-refractivity contribution in [2.45, 2.75) is 50.2 Å². The third-order valence-corrected chi connectivity index (χ3v) is 4.69. The number of piperazine rings is 1. The van der Waals surface area contributed by atoms with Gasteiger partial charge in [-0.25, -0.2) is 0 Å². The van der Waals surface area contributed by atoms with E-state index in [1.807, 2.05) is 0 Å². The highest BCUT2D eigenvalue weighted by Gasteiger charge is 2.41. The monoisotopic (exact) mass is 255 g/mol. The molecule has 1 saturated carbocycles. The fraction of sp³-hybridized carbons (Fsp3) is 0.923. The van der Waals surface area contributed by atoms with Gasteiger partial charge >= 0.3 is 5.97 Å². The Morgan fingerprint density at radius 2 is 2.17 bits per heavy atom. The van der Waals surface area contributed by atoms with Crippen LogP contribution in [0.15, 0.2) is 0 Å². The summed E-state index contributed by atoms with van der Waals surface area (Å²) >= 11 is 0. The van der Waals surface area contributed by atoms with Crippen molar-refractivity contribution in [3.05, 3.63) is 0 Å². The van der Waals surface area contributed by atoms with Crippen molar-refractivity contribution in [2.24, 2.45) is 5.73 Å². The van der Waals surface area contributed by atoms with Gasteiger partial charge in [-0.3, -0.25) is 9.69 Å². The van der Waals surface area contributed by atoms with E-state index in [0.29, 0.717) is 24.9 Å². The minimum absolute atomic E-state index is 0.344. The first kappa shape index (κ1) is 13.8. The fourth-order valence-corrected chi connectivity index (χ4v) is 3.19. The Hall–Kier alpha value is -0.650. The molecular weight excluding hydrogens is 230 g/mol. The van der Waals surface area contributed by atoms with Gasteiger partial charge in [-0.15, -0.1) is 0 Å². The molecule has 18 heavy (non-hydrogen) atoms. The van der Waals surface area contributed by atoms with E-state index >= 15 is 0 Å². The van der Waals surface area contributed by atoms with Crippen LogP contribution in [-0.2, 0) is 4.79 Å². The van der Waals surface area contributed by atoms with Gasteiger partial charge < -0.3 is 15.7 Å². The molecule has 3 unspecified atom stereocenters. The highest BCUT2D eigenvalue weighted by atomic mass is 16.4. The third kappa shape index (κ3) is 2.68. The molecule has 0 aromatic rings. The van der Waals surface area contributed by atoms with Crippen LogP contribution in [0.4, 0.5) is 0 Å². The van der Waals surface area contributed by atoms with Crippen molar-refractivity contribution in [3.8, 4) is 0 Å². The summed E-state index contributed by atoms with van der Waals surface area (Å²) in [4.78, 5) is 16.1. The van der Waals surface area contributed by atoms with Gasteiger partial charge in [0, 0.05) is 31.7 Å². The van der Waals surface area contributed by atoms with Crippen molar-refractivity contribution in [1.82, 2.24) is 9.80 Å². The lowest BCUT2D eigenvalue weighted by Crippen LogP contribution is -2.59. The van der Waals surface area contributed by atoms with Gasteiger partial charge in [-0.05, 0) is 39.7 Å². The molecule has 3 atom stereocenters. The van der Waals surface area contributed by atoms with E-state index in [1.54, 1.807) is 0 Å². The lowest BCUT2D eigenvalue weighted by atomic mass is 9.79. The first-order valence-electron chi connectivity index (χ1n) is 6.89. The van der Waals surface area contributed by atoms with Gasteiger partial charge in [0.15, 0.2) is 0 Å². The van der Waals surface area contributed by atoms with Crippen molar-refractivity contribution in [2.75, 3.05) is 26.7 Å². The second-order valence-corrected chi connectivity index (χ2v) is 6.04. The Balaban J connectivity index is 1.99. The summed E-state index contributed by atoms with van der Waals surface area (Å²) in [7, 11) is 2.15. The molecule has 0 aromatic carbocycles. The molecule has 5 nitrogen and oxygen atoms in total. The maximum atomic E-state index is 11.3. The lowest BCUT2D eigenvalue weighted by Gasteiger charge is -2.45. The van der Waals surface area contributed by atoms with Crippen molar-refractivity contribution in [1.29, 1.82) is 0 Å². The molecule has 0 amide bonds. The van der Waals surface area contributed by atoms with E-state index < -0.39 is 11.5 Å². The van der Waals surface area contributed by atoms with Gasteiger partial charge in [0.1, 0.15) is 5.54 Å². The predicted molar refractivity (Wildman–Crippen MR) is 70.5 cm³/mol. The molecule has 2 fully saturated rings. The van der Waals surface area contributed by atoms with E-state index in [2.05, 4.69) is 23.8 Å². The van der Waals surface area contributed by atoms with E-state index in [9.17, 15) is 9.90 Å². The van der Waals surface area contributed by atoms with E-state index in [1.165, 1.54) is 0 Å². The molecule has 0 aromatic heterocycles. The summed E-state index contributed by atoms with van der Waals surface area (Å²) in [6.45, 7) is 5.34. The molecule has 0 spiro atoms. The van der Waals surface area contributed by atoms with Crippen LogP contribution < -0.4 is 5.73 Å². The molecule has 1 aliphatic heterocycles. The molecular formula is C13H25N3O2. The molecule has 0 bridgehead atoms. The number of nitrogens with two attached hydrogens (primary N) is 1. The van der Waals surface area contributed by atoms with Crippen molar-refractivity contribution >= 4 is 5.97 Å². The Morgan fingerprint density at radius 1 is 1.44 bits per heavy atom. The zero-order valence-corrected chi connectivity index (χ0v) is 11.4. The molecule has 5 heteroatoms. The summed E-state index contributed by atoms with van der Waals surface area (Å²) in [5, 5.41) is 9.26. The summed E-state index contributed by atoms with van der Waals surface area (Å²) in [6, 6.07) is 0.883. The van der Waals surface area contributed by atoms with Crippen LogP contribution in [0, 0.1) is 0 Å². The molecule has 3 N–H and O–H groups in total. The summed E-state index contributed by atoms with van der Waals surface area (Å²) < 4.78 is 0. The highest BCUT2D eigenvalue weighted by molar-refractivity contribution is 5.78. The van der Waals surface area contributed by atoms with Crippen LogP contribution >= 0.6 is 0 Å². The number of hydrogen-bond donors (Lipinski definition) is 2. The average Bonchev–Trinajstić information content (AvgIpc) is 2.32. The van der Waals surface area contributed by atoms with Crippen LogP contribution in [0.25, 0.3) is 0 Å². The normalized spacial score (nSPS) is 39.7. The number of carbonyl (C=O) groups is 1. The molecule has 104 valence electrons. The predicted octanol–water partition coefficient (Wildman–Crippen LogP) is 0.347. The molecule has 2 aliphatic rings. The highest BCUT2D eigenvalue weighted by Crippen LogP contribution is 2.30. The number of aliphatic carboxylic acids is 1. The van der Waals surface area contributed by atoms with Crippen molar-refractivity contribution in [3.63, 3.8) is 0 Å². The Bertz CT molecular complexity index is 323. The first-order valence-corrected chi connectivity index (χ1v) is 6.89.